The molecule has 1 aromatic carbocycles. The van der Waals surface area contributed by atoms with Gasteiger partial charge in [-0.05, 0) is 36.7 Å². The van der Waals surface area contributed by atoms with E-state index in [2.05, 4.69) is 0 Å². The summed E-state index contributed by atoms with van der Waals surface area (Å²) in [6, 6.07) is 4.49. The first kappa shape index (κ1) is 16.4. The van der Waals surface area contributed by atoms with E-state index in [4.69, 9.17) is 10.00 Å². The summed E-state index contributed by atoms with van der Waals surface area (Å²) >= 11 is -0.461. The maximum atomic E-state index is 12.6. The Morgan fingerprint density at radius 1 is 1.40 bits per heavy atom. The number of carbonyl (C=O) groups is 1. The number of halogens is 3. The van der Waals surface area contributed by atoms with Crippen LogP contribution in [0.2, 0.25) is 0 Å². The lowest BCUT2D eigenvalue weighted by Crippen LogP contribution is -2.11. The van der Waals surface area contributed by atoms with Crippen LogP contribution in [0.3, 0.4) is 0 Å². The van der Waals surface area contributed by atoms with E-state index in [0.29, 0.717) is 12.0 Å². The number of alkyl halides is 3. The van der Waals surface area contributed by atoms with Crippen LogP contribution in [0.4, 0.5) is 13.2 Å². The smallest absolute Gasteiger partial charge is 0.446 e. The number of hydrogen-bond donors (Lipinski definition) is 0. The lowest BCUT2D eigenvalue weighted by atomic mass is 10.0. The summed E-state index contributed by atoms with van der Waals surface area (Å²) in [5.74, 6) is -0.863. The van der Waals surface area contributed by atoms with Crippen molar-refractivity contribution in [3.8, 4) is 6.07 Å². The largest absolute Gasteiger partial charge is 0.462 e. The van der Waals surface area contributed by atoms with Crippen molar-refractivity contribution >= 4 is 17.7 Å². The Balaban J connectivity index is 3.45. The molecule has 0 atom stereocenters. The average Bonchev–Trinajstić information content (AvgIpc) is 2.36. The van der Waals surface area contributed by atoms with Gasteiger partial charge in [0.15, 0.2) is 0 Å². The maximum absolute atomic E-state index is 12.6. The van der Waals surface area contributed by atoms with Crippen LogP contribution < -0.4 is 0 Å². The SMILES string of the molecule is CCOC(=O)c1ccc(CC)c(C#N)c1SC(F)(F)F. The zero-order chi connectivity index (χ0) is 15.3. The van der Waals surface area contributed by atoms with Gasteiger partial charge in [-0.25, -0.2) is 4.79 Å². The molecule has 7 heteroatoms. The van der Waals surface area contributed by atoms with Gasteiger partial charge in [-0.1, -0.05) is 13.0 Å². The molecule has 3 nitrogen and oxygen atoms in total. The molecular formula is C13H12F3NO2S. The Morgan fingerprint density at radius 3 is 2.50 bits per heavy atom. The van der Waals surface area contributed by atoms with Crippen molar-refractivity contribution in [2.75, 3.05) is 6.61 Å². The molecule has 0 unspecified atom stereocenters. The Labute approximate surface area is 118 Å². The topological polar surface area (TPSA) is 50.1 Å². The highest BCUT2D eigenvalue weighted by atomic mass is 32.2. The standard InChI is InChI=1S/C13H12F3NO2S/c1-3-8-5-6-9(12(18)19-4-2)11(10(8)7-17)20-13(14,15)16/h5-6H,3-4H2,1-2H3. The van der Waals surface area contributed by atoms with E-state index >= 15 is 0 Å². The normalized spacial score (nSPS) is 11.0. The van der Waals surface area contributed by atoms with E-state index in [1.165, 1.54) is 12.1 Å². The fraction of sp³-hybridized carbons (Fsp3) is 0.385. The van der Waals surface area contributed by atoms with Gasteiger partial charge in [0.1, 0.15) is 6.07 Å². The Bertz CT molecular complexity index is 550. The van der Waals surface area contributed by atoms with E-state index in [1.54, 1.807) is 19.9 Å². The number of esters is 1. The first-order chi connectivity index (χ1) is 9.34. The van der Waals surface area contributed by atoms with Crippen LogP contribution in [0.1, 0.15) is 35.3 Å². The Morgan fingerprint density at radius 2 is 2.05 bits per heavy atom. The van der Waals surface area contributed by atoms with Crippen molar-refractivity contribution in [2.45, 2.75) is 30.7 Å². The third-order valence-electron chi connectivity index (χ3n) is 2.45. The van der Waals surface area contributed by atoms with Gasteiger partial charge < -0.3 is 4.74 Å². The predicted octanol–water partition coefficient (Wildman–Crippen LogP) is 3.91. The van der Waals surface area contributed by atoms with E-state index in [9.17, 15) is 18.0 Å². The molecule has 1 aromatic rings. The number of thioether (sulfide) groups is 1. The zero-order valence-electron chi connectivity index (χ0n) is 10.9. The molecule has 0 fully saturated rings. The van der Waals surface area contributed by atoms with Gasteiger partial charge >= 0.3 is 11.5 Å². The molecule has 0 spiro atoms. The molecule has 0 amide bonds. The summed E-state index contributed by atoms with van der Waals surface area (Å²) in [7, 11) is 0. The van der Waals surface area contributed by atoms with Crippen LogP contribution in [-0.2, 0) is 11.2 Å². The molecule has 0 heterocycles. The average molecular weight is 303 g/mol. The van der Waals surface area contributed by atoms with Crippen molar-refractivity contribution in [3.05, 3.63) is 28.8 Å². The molecule has 1 rings (SSSR count). The monoisotopic (exact) mass is 303 g/mol. The van der Waals surface area contributed by atoms with Crippen molar-refractivity contribution < 1.29 is 22.7 Å². The molecule has 0 N–H and O–H groups in total. The Hall–Kier alpha value is -1.68. The highest BCUT2D eigenvalue weighted by Gasteiger charge is 2.34. The molecule has 0 aliphatic heterocycles. The summed E-state index contributed by atoms with van der Waals surface area (Å²) in [6.45, 7) is 3.33. The van der Waals surface area contributed by atoms with Gasteiger partial charge in [-0.3, -0.25) is 0 Å². The summed E-state index contributed by atoms with van der Waals surface area (Å²) in [5, 5.41) is 9.08. The fourth-order valence-electron chi connectivity index (χ4n) is 1.63. The van der Waals surface area contributed by atoms with Gasteiger partial charge in [0.05, 0.1) is 17.7 Å². The number of ether oxygens (including phenoxy) is 1. The molecule has 0 radical (unpaired) electrons. The molecule has 0 aliphatic carbocycles. The van der Waals surface area contributed by atoms with Crippen LogP contribution >= 0.6 is 11.8 Å². The minimum atomic E-state index is -4.58. The number of aryl methyl sites for hydroxylation is 1. The first-order valence-corrected chi connectivity index (χ1v) is 6.64. The highest BCUT2D eigenvalue weighted by Crippen LogP contribution is 2.41. The van der Waals surface area contributed by atoms with Gasteiger partial charge in [-0.2, -0.15) is 18.4 Å². The highest BCUT2D eigenvalue weighted by molar-refractivity contribution is 8.00. The second-order valence-electron chi connectivity index (χ2n) is 3.71. The number of hydrogen-bond acceptors (Lipinski definition) is 4. The molecule has 0 saturated heterocycles. The number of rotatable bonds is 4. The molecule has 0 aliphatic rings. The van der Waals surface area contributed by atoms with E-state index in [-0.39, 0.29) is 17.7 Å². The summed E-state index contributed by atoms with van der Waals surface area (Å²) < 4.78 is 42.6. The van der Waals surface area contributed by atoms with Crippen LogP contribution in [0.15, 0.2) is 17.0 Å². The van der Waals surface area contributed by atoms with E-state index < -0.39 is 28.1 Å². The number of nitrogens with zero attached hydrogens (tertiary/aromatic N) is 1. The van der Waals surface area contributed by atoms with Crippen LogP contribution in [-0.4, -0.2) is 18.1 Å². The quantitative estimate of drug-likeness (QED) is 0.625. The molecule has 108 valence electrons. The minimum absolute atomic E-state index is 0.0480. The predicted molar refractivity (Wildman–Crippen MR) is 68.4 cm³/mol. The second kappa shape index (κ2) is 6.66. The maximum Gasteiger partial charge on any atom is 0.446 e. The first-order valence-electron chi connectivity index (χ1n) is 5.82. The summed E-state index contributed by atoms with van der Waals surface area (Å²) in [4.78, 5) is 11.3. The van der Waals surface area contributed by atoms with E-state index in [0.717, 1.165) is 0 Å². The Kier molecular flexibility index (Phi) is 5.45. The third-order valence-corrected chi connectivity index (χ3v) is 3.31. The molecular weight excluding hydrogens is 291 g/mol. The van der Waals surface area contributed by atoms with Crippen LogP contribution in [0.5, 0.6) is 0 Å². The van der Waals surface area contributed by atoms with Crippen molar-refractivity contribution in [1.29, 1.82) is 5.26 Å². The van der Waals surface area contributed by atoms with Gasteiger partial charge in [0.2, 0.25) is 0 Å². The van der Waals surface area contributed by atoms with Gasteiger partial charge in [-0.15, -0.1) is 0 Å². The minimum Gasteiger partial charge on any atom is -0.462 e. The fourth-order valence-corrected chi connectivity index (χ4v) is 2.40. The third kappa shape index (κ3) is 3.90. The number of benzene rings is 1. The molecule has 0 aromatic heterocycles. The van der Waals surface area contributed by atoms with Crippen molar-refractivity contribution in [2.24, 2.45) is 0 Å². The number of nitriles is 1. The molecule has 0 bridgehead atoms. The van der Waals surface area contributed by atoms with Gasteiger partial charge in [0.25, 0.3) is 0 Å². The van der Waals surface area contributed by atoms with Crippen molar-refractivity contribution in [3.63, 3.8) is 0 Å². The lowest BCUT2D eigenvalue weighted by Gasteiger charge is -2.14. The number of carbonyl (C=O) groups excluding carboxylic acids is 1. The summed E-state index contributed by atoms with van der Waals surface area (Å²) in [6.07, 6.45) is 0.400. The van der Waals surface area contributed by atoms with Gasteiger partial charge in [0, 0.05) is 4.90 Å². The zero-order valence-corrected chi connectivity index (χ0v) is 11.7. The van der Waals surface area contributed by atoms with Crippen LogP contribution in [0.25, 0.3) is 0 Å². The van der Waals surface area contributed by atoms with Crippen LogP contribution in [0, 0.1) is 11.3 Å². The molecule has 20 heavy (non-hydrogen) atoms. The molecule has 0 saturated carbocycles. The summed E-state index contributed by atoms with van der Waals surface area (Å²) in [5.41, 5.74) is -4.48. The van der Waals surface area contributed by atoms with Crippen molar-refractivity contribution in [1.82, 2.24) is 0 Å². The van der Waals surface area contributed by atoms with E-state index in [1.807, 2.05) is 0 Å². The lowest BCUT2D eigenvalue weighted by molar-refractivity contribution is -0.0328. The second-order valence-corrected chi connectivity index (χ2v) is 4.79.